The van der Waals surface area contributed by atoms with E-state index in [2.05, 4.69) is 89.8 Å². The molecule has 0 spiro atoms. The molecule has 0 bridgehead atoms. The van der Waals surface area contributed by atoms with Gasteiger partial charge in [-0.1, -0.05) is 60.7 Å². The molecule has 0 unspecified atom stereocenters. The molecule has 0 fully saturated rings. The zero-order valence-corrected chi connectivity index (χ0v) is 16.0. The van der Waals surface area contributed by atoms with E-state index in [0.717, 1.165) is 29.2 Å². The second-order valence-corrected chi connectivity index (χ2v) is 6.70. The van der Waals surface area contributed by atoms with Crippen molar-refractivity contribution in [3.05, 3.63) is 120 Å². The van der Waals surface area contributed by atoms with Gasteiger partial charge < -0.3 is 9.64 Å². The highest BCUT2D eigenvalue weighted by molar-refractivity contribution is 5.76. The normalized spacial score (nSPS) is 10.5. The predicted molar refractivity (Wildman–Crippen MR) is 117 cm³/mol. The topological polar surface area (TPSA) is 12.5 Å². The summed E-state index contributed by atoms with van der Waals surface area (Å²) in [5.74, 6) is 0.897. The lowest BCUT2D eigenvalue weighted by molar-refractivity contribution is 0.414. The first-order valence-electron chi connectivity index (χ1n) is 9.45. The maximum absolute atomic E-state index is 5.33. The number of hydrogen-bond donors (Lipinski definition) is 0. The summed E-state index contributed by atoms with van der Waals surface area (Å²) in [6.45, 7) is 0. The first-order chi connectivity index (χ1) is 13.8. The van der Waals surface area contributed by atoms with Crippen molar-refractivity contribution in [1.82, 2.24) is 0 Å². The second kappa shape index (κ2) is 8.45. The molecule has 0 radical (unpaired) electrons. The van der Waals surface area contributed by atoms with Crippen LogP contribution in [0.4, 0.5) is 17.1 Å². The van der Waals surface area contributed by atoms with E-state index in [0.29, 0.717) is 0 Å². The van der Waals surface area contributed by atoms with Gasteiger partial charge in [0.25, 0.3) is 0 Å². The standard InChI is InChI=1S/C26H23NO/c1-28-26-14-8-9-22(20-26)19-21-15-17-25(18-16-21)27(23-10-4-2-5-11-23)24-12-6-3-7-13-24/h2-18,20H,19H2,1H3. The number of anilines is 3. The summed E-state index contributed by atoms with van der Waals surface area (Å²) in [5.41, 5.74) is 5.96. The van der Waals surface area contributed by atoms with Crippen molar-refractivity contribution in [2.75, 3.05) is 12.0 Å². The zero-order valence-electron chi connectivity index (χ0n) is 16.0. The van der Waals surface area contributed by atoms with Crippen LogP contribution >= 0.6 is 0 Å². The van der Waals surface area contributed by atoms with Crippen LogP contribution in [0, 0.1) is 0 Å². The minimum atomic E-state index is 0.883. The number of hydrogen-bond acceptors (Lipinski definition) is 2. The lowest BCUT2D eigenvalue weighted by Gasteiger charge is -2.25. The molecule has 4 aromatic carbocycles. The second-order valence-electron chi connectivity index (χ2n) is 6.70. The molecule has 0 aliphatic heterocycles. The fourth-order valence-electron chi connectivity index (χ4n) is 3.38. The summed E-state index contributed by atoms with van der Waals surface area (Å²) in [7, 11) is 1.70. The number of benzene rings is 4. The Balaban J connectivity index is 1.63. The van der Waals surface area contributed by atoms with E-state index in [-0.39, 0.29) is 0 Å². The van der Waals surface area contributed by atoms with E-state index in [4.69, 9.17) is 4.74 Å². The van der Waals surface area contributed by atoms with E-state index in [9.17, 15) is 0 Å². The zero-order chi connectivity index (χ0) is 19.2. The van der Waals surface area contributed by atoms with Gasteiger partial charge in [0.2, 0.25) is 0 Å². The Bertz CT molecular complexity index is 971. The van der Waals surface area contributed by atoms with Gasteiger partial charge in [-0.05, 0) is 66.1 Å². The maximum Gasteiger partial charge on any atom is 0.119 e. The van der Waals surface area contributed by atoms with E-state index in [1.54, 1.807) is 7.11 Å². The fourth-order valence-corrected chi connectivity index (χ4v) is 3.38. The quantitative estimate of drug-likeness (QED) is 0.374. The molecule has 28 heavy (non-hydrogen) atoms. The third kappa shape index (κ3) is 4.07. The molecule has 4 aromatic rings. The van der Waals surface area contributed by atoms with Gasteiger partial charge in [-0.15, -0.1) is 0 Å². The van der Waals surface area contributed by atoms with Crippen LogP contribution in [0.1, 0.15) is 11.1 Å². The summed E-state index contributed by atoms with van der Waals surface area (Å²) < 4.78 is 5.33. The first kappa shape index (κ1) is 17.9. The van der Waals surface area contributed by atoms with Gasteiger partial charge in [0.15, 0.2) is 0 Å². The van der Waals surface area contributed by atoms with Crippen LogP contribution in [0.25, 0.3) is 0 Å². The van der Waals surface area contributed by atoms with Gasteiger partial charge in [0.1, 0.15) is 5.75 Å². The van der Waals surface area contributed by atoms with Crippen molar-refractivity contribution in [3.8, 4) is 5.75 Å². The molecule has 0 heterocycles. The molecule has 0 N–H and O–H groups in total. The Labute approximate surface area is 166 Å². The summed E-state index contributed by atoms with van der Waals surface area (Å²) in [4.78, 5) is 2.27. The molecule has 0 saturated heterocycles. The molecule has 0 amide bonds. The Morgan fingerprint density at radius 2 is 1.14 bits per heavy atom. The summed E-state index contributed by atoms with van der Waals surface area (Å²) in [6, 6.07) is 37.9. The highest BCUT2D eigenvalue weighted by Crippen LogP contribution is 2.34. The molecule has 138 valence electrons. The van der Waals surface area contributed by atoms with Crippen LogP contribution in [0.3, 0.4) is 0 Å². The van der Waals surface area contributed by atoms with Crippen LogP contribution in [0.2, 0.25) is 0 Å². The van der Waals surface area contributed by atoms with E-state index < -0.39 is 0 Å². The minimum absolute atomic E-state index is 0.883. The summed E-state index contributed by atoms with van der Waals surface area (Å²) >= 11 is 0. The largest absolute Gasteiger partial charge is 0.497 e. The van der Waals surface area contributed by atoms with Gasteiger partial charge in [-0.2, -0.15) is 0 Å². The van der Waals surface area contributed by atoms with Gasteiger partial charge in [0.05, 0.1) is 7.11 Å². The molecule has 4 rings (SSSR count). The van der Waals surface area contributed by atoms with Crippen molar-refractivity contribution in [2.45, 2.75) is 6.42 Å². The highest BCUT2D eigenvalue weighted by atomic mass is 16.5. The van der Waals surface area contributed by atoms with Crippen molar-refractivity contribution in [3.63, 3.8) is 0 Å². The van der Waals surface area contributed by atoms with Crippen molar-refractivity contribution < 1.29 is 4.74 Å². The van der Waals surface area contributed by atoms with Gasteiger partial charge >= 0.3 is 0 Å². The SMILES string of the molecule is COc1cccc(Cc2ccc(N(c3ccccc3)c3ccccc3)cc2)c1. The number of methoxy groups -OCH3 is 1. The Morgan fingerprint density at radius 3 is 1.71 bits per heavy atom. The lowest BCUT2D eigenvalue weighted by Crippen LogP contribution is -2.09. The number of para-hydroxylation sites is 2. The summed E-state index contributed by atoms with van der Waals surface area (Å²) in [5, 5.41) is 0. The van der Waals surface area contributed by atoms with Crippen LogP contribution < -0.4 is 9.64 Å². The Hall–Kier alpha value is -3.52. The van der Waals surface area contributed by atoms with Gasteiger partial charge in [-0.3, -0.25) is 0 Å². The van der Waals surface area contributed by atoms with E-state index in [1.165, 1.54) is 11.1 Å². The first-order valence-corrected chi connectivity index (χ1v) is 9.45. The molecule has 0 atom stereocenters. The van der Waals surface area contributed by atoms with Gasteiger partial charge in [-0.25, -0.2) is 0 Å². The smallest absolute Gasteiger partial charge is 0.119 e. The number of rotatable bonds is 6. The molecule has 0 aliphatic carbocycles. The fraction of sp³-hybridized carbons (Fsp3) is 0.0769. The lowest BCUT2D eigenvalue weighted by atomic mass is 10.0. The molecule has 0 saturated carbocycles. The maximum atomic E-state index is 5.33. The Morgan fingerprint density at radius 1 is 0.571 bits per heavy atom. The molecule has 0 aromatic heterocycles. The van der Waals surface area contributed by atoms with E-state index in [1.807, 2.05) is 24.3 Å². The monoisotopic (exact) mass is 365 g/mol. The molecule has 2 nitrogen and oxygen atoms in total. The third-order valence-corrected chi connectivity index (χ3v) is 4.77. The van der Waals surface area contributed by atoms with Crippen LogP contribution in [0.5, 0.6) is 5.75 Å². The highest BCUT2D eigenvalue weighted by Gasteiger charge is 2.11. The number of ether oxygens (including phenoxy) is 1. The van der Waals surface area contributed by atoms with Crippen molar-refractivity contribution in [1.29, 1.82) is 0 Å². The third-order valence-electron chi connectivity index (χ3n) is 4.77. The average Bonchev–Trinajstić information content (AvgIpc) is 2.77. The minimum Gasteiger partial charge on any atom is -0.497 e. The van der Waals surface area contributed by atoms with Crippen molar-refractivity contribution >= 4 is 17.1 Å². The molecule has 0 aliphatic rings. The Kier molecular flexibility index (Phi) is 5.39. The van der Waals surface area contributed by atoms with Crippen LogP contribution in [-0.4, -0.2) is 7.11 Å². The van der Waals surface area contributed by atoms with Crippen LogP contribution in [-0.2, 0) is 6.42 Å². The molecule has 2 heteroatoms. The average molecular weight is 365 g/mol. The van der Waals surface area contributed by atoms with Crippen LogP contribution in [0.15, 0.2) is 109 Å². The van der Waals surface area contributed by atoms with E-state index >= 15 is 0 Å². The number of nitrogens with zero attached hydrogens (tertiary/aromatic N) is 1. The van der Waals surface area contributed by atoms with Crippen molar-refractivity contribution in [2.24, 2.45) is 0 Å². The molecular weight excluding hydrogens is 342 g/mol. The van der Waals surface area contributed by atoms with Gasteiger partial charge in [0, 0.05) is 17.1 Å². The predicted octanol–water partition coefficient (Wildman–Crippen LogP) is 6.76. The molecular formula is C26H23NO. The summed E-state index contributed by atoms with van der Waals surface area (Å²) in [6.07, 6.45) is 0.883.